The SMILES string of the molecule is Cc1cc[c]([K])cc1. The maximum absolute atomic E-state index is 2.20. The monoisotopic (exact) mass is 130 g/mol. The van der Waals surface area contributed by atoms with Crippen molar-refractivity contribution in [2.24, 2.45) is 0 Å². The number of benzene rings is 1. The Kier molecular flexibility index (Phi) is 2.73. The van der Waals surface area contributed by atoms with Crippen LogP contribution in [0.3, 0.4) is 0 Å². The molecule has 0 N–H and O–H groups in total. The van der Waals surface area contributed by atoms with E-state index in [0.29, 0.717) is 0 Å². The van der Waals surface area contributed by atoms with E-state index in [1.54, 1.807) is 0 Å². The van der Waals surface area contributed by atoms with Gasteiger partial charge in [-0.1, -0.05) is 0 Å². The molecule has 0 heterocycles. The van der Waals surface area contributed by atoms with Crippen LogP contribution in [0.2, 0.25) is 0 Å². The average molecular weight is 130 g/mol. The third-order valence-electron chi connectivity index (χ3n) is 1.22. The molecule has 0 saturated carbocycles. The summed E-state index contributed by atoms with van der Waals surface area (Å²) in [6.45, 7) is 2.12. The summed E-state index contributed by atoms with van der Waals surface area (Å²) in [5.74, 6) is 0. The molecular weight excluding hydrogens is 123 g/mol. The Labute approximate surface area is 83.9 Å². The van der Waals surface area contributed by atoms with Gasteiger partial charge in [-0.05, 0) is 0 Å². The number of hydrogen-bond acceptors (Lipinski definition) is 0. The molecule has 0 unspecified atom stereocenters. The molecule has 36 valence electrons. The standard InChI is InChI=1S/C7H7.K/c1-7-5-3-2-4-6-7;/h3-6H,1H3;. The summed E-state index contributed by atoms with van der Waals surface area (Å²) < 4.78 is 1.52. The van der Waals surface area contributed by atoms with E-state index in [1.807, 2.05) is 0 Å². The molecule has 0 fully saturated rings. The van der Waals surface area contributed by atoms with Crippen LogP contribution in [0.5, 0.6) is 0 Å². The second kappa shape index (κ2) is 3.13. The van der Waals surface area contributed by atoms with Crippen LogP contribution in [0.15, 0.2) is 24.3 Å². The number of aryl methyl sites for hydroxylation is 1. The van der Waals surface area contributed by atoms with Crippen LogP contribution < -0.4 is -0.342 Å². The summed E-state index contributed by atoms with van der Waals surface area (Å²) in [5, 5.41) is 0. The van der Waals surface area contributed by atoms with Gasteiger partial charge in [-0.15, -0.1) is 0 Å². The summed E-state index contributed by atoms with van der Waals surface area (Å²) in [4.78, 5) is 0. The molecular formula is C7H7K. The fourth-order valence-electron chi connectivity index (χ4n) is 0.637. The second-order valence-corrected chi connectivity index (χ2v) is 3.96. The zero-order chi connectivity index (χ0) is 5.98. The molecule has 1 heteroatoms. The van der Waals surface area contributed by atoms with Crippen molar-refractivity contribution in [1.82, 2.24) is 0 Å². The summed E-state index contributed by atoms with van der Waals surface area (Å²) >= 11 is 0.848. The first-order chi connectivity index (χ1) is 3.79. The first-order valence-corrected chi connectivity index (χ1v) is 4.38. The second-order valence-electron chi connectivity index (χ2n) is 2.15. The molecule has 0 amide bonds. The van der Waals surface area contributed by atoms with Gasteiger partial charge in [-0.25, -0.2) is 0 Å². The Balaban J connectivity index is 3.03. The molecule has 0 aromatic heterocycles. The van der Waals surface area contributed by atoms with E-state index in [-0.39, 0.29) is 0 Å². The van der Waals surface area contributed by atoms with Gasteiger partial charge in [0.25, 0.3) is 0 Å². The van der Waals surface area contributed by atoms with Crippen molar-refractivity contribution in [1.29, 1.82) is 0 Å². The van der Waals surface area contributed by atoms with E-state index in [0.717, 1.165) is 49.0 Å². The van der Waals surface area contributed by atoms with E-state index >= 15 is 0 Å². The molecule has 0 nitrogen and oxygen atoms in total. The summed E-state index contributed by atoms with van der Waals surface area (Å²) in [7, 11) is 0. The van der Waals surface area contributed by atoms with Crippen LogP contribution in [0.1, 0.15) is 5.56 Å². The Bertz CT molecular complexity index is 143. The van der Waals surface area contributed by atoms with Crippen molar-refractivity contribution in [2.75, 3.05) is 0 Å². The number of hydrogen-bond donors (Lipinski definition) is 0. The normalized spacial score (nSPS) is 9.38. The summed E-state index contributed by atoms with van der Waals surface area (Å²) in [5.41, 5.74) is 1.36. The molecule has 0 atom stereocenters. The molecule has 1 aromatic rings. The Hall–Kier alpha value is 0.856. The molecule has 1 rings (SSSR count). The van der Waals surface area contributed by atoms with Gasteiger partial charge < -0.3 is 0 Å². The maximum atomic E-state index is 2.20. The van der Waals surface area contributed by atoms with Crippen molar-refractivity contribution in [3.05, 3.63) is 29.8 Å². The van der Waals surface area contributed by atoms with Crippen LogP contribution in [-0.2, 0) is 0 Å². The van der Waals surface area contributed by atoms with E-state index in [9.17, 15) is 0 Å². The molecule has 0 bridgehead atoms. The van der Waals surface area contributed by atoms with E-state index in [4.69, 9.17) is 0 Å². The Morgan fingerprint density at radius 1 is 1.12 bits per heavy atom. The van der Waals surface area contributed by atoms with Crippen LogP contribution >= 0.6 is 0 Å². The fraction of sp³-hybridized carbons (Fsp3) is 0.143. The van der Waals surface area contributed by atoms with Gasteiger partial charge in [0.15, 0.2) is 0 Å². The predicted octanol–water partition coefficient (Wildman–Crippen LogP) is 0.789. The van der Waals surface area contributed by atoms with Crippen LogP contribution in [-0.4, -0.2) is 49.0 Å². The summed E-state index contributed by atoms with van der Waals surface area (Å²) in [6, 6.07) is 8.74. The van der Waals surface area contributed by atoms with Gasteiger partial charge in [0.05, 0.1) is 0 Å². The van der Waals surface area contributed by atoms with Gasteiger partial charge in [0.2, 0.25) is 0 Å². The Morgan fingerprint density at radius 3 is 2.00 bits per heavy atom. The molecule has 0 saturated heterocycles. The molecule has 0 aliphatic heterocycles. The van der Waals surface area contributed by atoms with Gasteiger partial charge in [-0.2, -0.15) is 0 Å². The quantitative estimate of drug-likeness (QED) is 0.455. The van der Waals surface area contributed by atoms with E-state index < -0.39 is 0 Å². The third kappa shape index (κ3) is 2.00. The first kappa shape index (κ1) is 6.97. The number of rotatable bonds is 0. The van der Waals surface area contributed by atoms with Crippen molar-refractivity contribution in [2.45, 2.75) is 6.92 Å². The average Bonchev–Trinajstić information content (AvgIpc) is 1.77. The van der Waals surface area contributed by atoms with Crippen molar-refractivity contribution in [3.8, 4) is 0 Å². The zero-order valence-corrected chi connectivity index (χ0v) is 8.43. The molecule has 0 aliphatic rings. The molecule has 1 aromatic carbocycles. The topological polar surface area (TPSA) is 0 Å². The minimum atomic E-state index is 0.848. The molecule has 0 aliphatic carbocycles. The van der Waals surface area contributed by atoms with Crippen LogP contribution in [0.4, 0.5) is 0 Å². The minimum absolute atomic E-state index is 0.848. The zero-order valence-electron chi connectivity index (χ0n) is 5.31. The van der Waals surface area contributed by atoms with Gasteiger partial charge in [0.1, 0.15) is 0 Å². The summed E-state index contributed by atoms with van der Waals surface area (Å²) in [6.07, 6.45) is 0. The van der Waals surface area contributed by atoms with E-state index in [1.165, 1.54) is 5.22 Å². The van der Waals surface area contributed by atoms with Crippen molar-refractivity contribution >= 4 is 48.6 Å². The Morgan fingerprint density at radius 2 is 1.62 bits per heavy atom. The van der Waals surface area contributed by atoms with Gasteiger partial charge >= 0.3 is 85.4 Å². The third-order valence-corrected chi connectivity index (χ3v) is 2.26. The van der Waals surface area contributed by atoms with Gasteiger partial charge in [-0.3, -0.25) is 0 Å². The molecule has 0 radical (unpaired) electrons. The molecule has 0 spiro atoms. The van der Waals surface area contributed by atoms with Crippen molar-refractivity contribution < 1.29 is 0 Å². The fourth-order valence-corrected chi connectivity index (χ4v) is 1.16. The van der Waals surface area contributed by atoms with Crippen molar-refractivity contribution in [3.63, 3.8) is 0 Å². The van der Waals surface area contributed by atoms with Crippen LogP contribution in [0, 0.1) is 6.92 Å². The van der Waals surface area contributed by atoms with Gasteiger partial charge in [0, 0.05) is 0 Å². The predicted molar refractivity (Wildman–Crippen MR) is 36.6 cm³/mol. The first-order valence-electron chi connectivity index (χ1n) is 2.82. The van der Waals surface area contributed by atoms with E-state index in [2.05, 4.69) is 31.2 Å². The van der Waals surface area contributed by atoms with Crippen LogP contribution in [0.25, 0.3) is 0 Å². The molecule has 8 heavy (non-hydrogen) atoms.